The Kier molecular flexibility index (Phi) is 4.85. The van der Waals surface area contributed by atoms with Crippen LogP contribution in [0.5, 0.6) is 0 Å². The van der Waals surface area contributed by atoms with E-state index in [2.05, 4.69) is 53.6 Å². The first kappa shape index (κ1) is 17.0. The van der Waals surface area contributed by atoms with Gasteiger partial charge in [-0.2, -0.15) is 0 Å². The third-order valence-corrected chi connectivity index (χ3v) is 5.70. The van der Waals surface area contributed by atoms with Crippen LogP contribution in [0.3, 0.4) is 0 Å². The molecule has 26 heavy (non-hydrogen) atoms. The van der Waals surface area contributed by atoms with Crippen molar-refractivity contribution >= 4 is 17.2 Å². The summed E-state index contributed by atoms with van der Waals surface area (Å²) in [6.07, 6.45) is 2.71. The molecular formula is C22H22N2OS. The van der Waals surface area contributed by atoms with Crippen molar-refractivity contribution in [3.8, 4) is 10.6 Å². The van der Waals surface area contributed by atoms with Crippen LogP contribution in [0, 0.1) is 12.8 Å². The summed E-state index contributed by atoms with van der Waals surface area (Å²) in [6.45, 7) is 2.07. The third-order valence-electron chi connectivity index (χ3n) is 4.76. The number of nitrogens with zero attached hydrogens (tertiary/aromatic N) is 1. The van der Waals surface area contributed by atoms with Crippen molar-refractivity contribution in [1.82, 2.24) is 10.3 Å². The molecule has 0 radical (unpaired) electrons. The molecule has 1 atom stereocenters. The molecule has 1 unspecified atom stereocenters. The average Bonchev–Trinajstić information content (AvgIpc) is 3.40. The summed E-state index contributed by atoms with van der Waals surface area (Å²) in [5.41, 5.74) is 4.37. The normalized spacial score (nSPS) is 14.8. The fourth-order valence-corrected chi connectivity index (χ4v) is 3.99. The molecule has 1 N–H and O–H groups in total. The number of nitrogens with one attached hydrogen (secondary N) is 1. The highest BCUT2D eigenvalue weighted by molar-refractivity contribution is 7.13. The molecular weight excluding hydrogens is 340 g/mol. The fraction of sp³-hybridized carbons (Fsp3) is 0.273. The summed E-state index contributed by atoms with van der Waals surface area (Å²) in [4.78, 5) is 17.2. The number of rotatable bonds is 6. The second-order valence-corrected chi connectivity index (χ2v) is 7.84. The Bertz CT molecular complexity index is 882. The predicted octanol–water partition coefficient (Wildman–Crippen LogP) is 4.93. The van der Waals surface area contributed by atoms with Crippen molar-refractivity contribution in [2.75, 3.05) is 0 Å². The van der Waals surface area contributed by atoms with Crippen LogP contribution in [0.1, 0.15) is 35.7 Å². The molecule has 1 saturated carbocycles. The summed E-state index contributed by atoms with van der Waals surface area (Å²) in [6, 6.07) is 18.7. The molecule has 1 heterocycles. The van der Waals surface area contributed by atoms with Gasteiger partial charge in [0, 0.05) is 10.9 Å². The molecule has 3 nitrogen and oxygen atoms in total. The molecule has 0 bridgehead atoms. The Morgan fingerprint density at radius 3 is 2.58 bits per heavy atom. The number of hydrogen-bond acceptors (Lipinski definition) is 3. The summed E-state index contributed by atoms with van der Waals surface area (Å²) >= 11 is 1.59. The van der Waals surface area contributed by atoms with Gasteiger partial charge in [-0.05, 0) is 31.2 Å². The van der Waals surface area contributed by atoms with Gasteiger partial charge < -0.3 is 5.32 Å². The zero-order valence-electron chi connectivity index (χ0n) is 14.8. The summed E-state index contributed by atoms with van der Waals surface area (Å²) in [5.74, 6) is 0.617. The summed E-state index contributed by atoms with van der Waals surface area (Å²) in [7, 11) is 0. The topological polar surface area (TPSA) is 42.0 Å². The molecule has 4 rings (SSSR count). The number of aryl methyl sites for hydroxylation is 1. The number of aromatic nitrogens is 1. The summed E-state index contributed by atoms with van der Waals surface area (Å²) in [5, 5.41) is 6.18. The minimum Gasteiger partial charge on any atom is -0.349 e. The second-order valence-electron chi connectivity index (χ2n) is 6.98. The highest BCUT2D eigenvalue weighted by Crippen LogP contribution is 2.41. The Labute approximate surface area is 158 Å². The zero-order valence-corrected chi connectivity index (χ0v) is 15.6. The fourth-order valence-electron chi connectivity index (χ4n) is 3.17. The van der Waals surface area contributed by atoms with E-state index in [1.165, 1.54) is 24.0 Å². The number of thiazole rings is 1. The quantitative estimate of drug-likeness (QED) is 0.676. The van der Waals surface area contributed by atoms with Crippen LogP contribution >= 0.6 is 11.3 Å². The van der Waals surface area contributed by atoms with Crippen molar-refractivity contribution in [3.05, 3.63) is 76.8 Å². The van der Waals surface area contributed by atoms with Gasteiger partial charge in [0.1, 0.15) is 5.01 Å². The number of carbonyl (C=O) groups is 1. The van der Waals surface area contributed by atoms with Gasteiger partial charge in [0.2, 0.25) is 5.91 Å². The average molecular weight is 362 g/mol. The van der Waals surface area contributed by atoms with Gasteiger partial charge in [-0.15, -0.1) is 11.3 Å². The maximum Gasteiger partial charge on any atom is 0.226 e. The molecule has 1 fully saturated rings. The first-order valence-corrected chi connectivity index (χ1v) is 9.93. The third kappa shape index (κ3) is 4.02. The van der Waals surface area contributed by atoms with Gasteiger partial charge in [0.25, 0.3) is 0 Å². The molecule has 0 spiro atoms. The van der Waals surface area contributed by atoms with Gasteiger partial charge >= 0.3 is 0 Å². The maximum atomic E-state index is 12.6. The van der Waals surface area contributed by atoms with Crippen LogP contribution in [0.15, 0.2) is 60.0 Å². The van der Waals surface area contributed by atoms with Crippen LogP contribution in [-0.4, -0.2) is 10.9 Å². The van der Waals surface area contributed by atoms with Gasteiger partial charge in [0.15, 0.2) is 0 Å². The van der Waals surface area contributed by atoms with Crippen molar-refractivity contribution in [2.24, 2.45) is 5.92 Å². The van der Waals surface area contributed by atoms with E-state index >= 15 is 0 Å². The van der Waals surface area contributed by atoms with Crippen molar-refractivity contribution in [2.45, 2.75) is 32.2 Å². The molecule has 3 aromatic rings. The van der Waals surface area contributed by atoms with Crippen molar-refractivity contribution in [1.29, 1.82) is 0 Å². The molecule has 1 aliphatic rings. The number of amides is 1. The lowest BCUT2D eigenvalue weighted by molar-refractivity contribution is -0.121. The van der Waals surface area contributed by atoms with E-state index in [-0.39, 0.29) is 11.9 Å². The molecule has 1 aliphatic carbocycles. The summed E-state index contributed by atoms with van der Waals surface area (Å²) < 4.78 is 0. The van der Waals surface area contributed by atoms with E-state index in [9.17, 15) is 4.79 Å². The van der Waals surface area contributed by atoms with Crippen LogP contribution in [0.4, 0.5) is 0 Å². The number of hydrogen-bond donors (Lipinski definition) is 1. The Morgan fingerprint density at radius 2 is 1.88 bits per heavy atom. The lowest BCUT2D eigenvalue weighted by atomic mass is 10.0. The molecule has 132 valence electrons. The van der Waals surface area contributed by atoms with E-state index in [4.69, 9.17) is 0 Å². The Morgan fingerprint density at radius 1 is 1.15 bits per heavy atom. The molecule has 2 aromatic carbocycles. The molecule has 0 aliphatic heterocycles. The van der Waals surface area contributed by atoms with E-state index < -0.39 is 0 Å². The second kappa shape index (κ2) is 7.42. The molecule has 1 aromatic heterocycles. The van der Waals surface area contributed by atoms with Gasteiger partial charge in [-0.3, -0.25) is 4.79 Å². The number of benzene rings is 2. The van der Waals surface area contributed by atoms with E-state index in [1.54, 1.807) is 11.3 Å². The van der Waals surface area contributed by atoms with Gasteiger partial charge in [0.05, 0.1) is 18.2 Å². The highest BCUT2D eigenvalue weighted by Gasteiger charge is 2.33. The van der Waals surface area contributed by atoms with E-state index in [0.29, 0.717) is 12.3 Å². The minimum atomic E-state index is 0.0477. The Balaban J connectivity index is 1.42. The minimum absolute atomic E-state index is 0.0477. The van der Waals surface area contributed by atoms with Crippen molar-refractivity contribution < 1.29 is 4.79 Å². The SMILES string of the molecule is Cc1ccc(-c2nc(CC(=O)NC(c3ccccc3)C3CC3)cs2)cc1. The number of carbonyl (C=O) groups excluding carboxylic acids is 1. The lowest BCUT2D eigenvalue weighted by Crippen LogP contribution is -2.31. The predicted molar refractivity (Wildman–Crippen MR) is 106 cm³/mol. The van der Waals surface area contributed by atoms with Crippen LogP contribution in [0.25, 0.3) is 10.6 Å². The van der Waals surface area contributed by atoms with Gasteiger partial charge in [-0.1, -0.05) is 60.2 Å². The first-order chi connectivity index (χ1) is 12.7. The molecule has 0 saturated heterocycles. The first-order valence-electron chi connectivity index (χ1n) is 9.05. The molecule has 4 heteroatoms. The highest BCUT2D eigenvalue weighted by atomic mass is 32.1. The smallest absolute Gasteiger partial charge is 0.226 e. The lowest BCUT2D eigenvalue weighted by Gasteiger charge is -2.18. The van der Waals surface area contributed by atoms with E-state index in [0.717, 1.165) is 16.3 Å². The monoisotopic (exact) mass is 362 g/mol. The van der Waals surface area contributed by atoms with Crippen molar-refractivity contribution in [3.63, 3.8) is 0 Å². The molecule has 1 amide bonds. The van der Waals surface area contributed by atoms with Crippen LogP contribution in [0.2, 0.25) is 0 Å². The zero-order chi connectivity index (χ0) is 17.9. The van der Waals surface area contributed by atoms with E-state index in [1.807, 2.05) is 23.6 Å². The standard InChI is InChI=1S/C22H22N2OS/c1-15-7-9-18(10-8-15)22-23-19(14-26-22)13-20(25)24-21(17-11-12-17)16-5-3-2-4-6-16/h2-10,14,17,21H,11-13H2,1H3,(H,24,25). The Hall–Kier alpha value is -2.46. The van der Waals surface area contributed by atoms with Gasteiger partial charge in [-0.25, -0.2) is 4.98 Å². The largest absolute Gasteiger partial charge is 0.349 e. The maximum absolute atomic E-state index is 12.6. The van der Waals surface area contributed by atoms with Crippen LogP contribution in [-0.2, 0) is 11.2 Å². The van der Waals surface area contributed by atoms with Crippen LogP contribution < -0.4 is 5.32 Å².